The summed E-state index contributed by atoms with van der Waals surface area (Å²) in [5.74, 6) is -0.255. The lowest BCUT2D eigenvalue weighted by molar-refractivity contribution is -0.129. The molecule has 1 aliphatic rings. The average Bonchev–Trinajstić information content (AvgIpc) is 2.98. The van der Waals surface area contributed by atoms with E-state index in [4.69, 9.17) is 9.47 Å². The Kier molecular flexibility index (Phi) is 6.85. The highest BCUT2D eigenvalue weighted by Gasteiger charge is 2.26. The lowest BCUT2D eigenvalue weighted by Gasteiger charge is -2.11. The van der Waals surface area contributed by atoms with Gasteiger partial charge in [0, 0.05) is 0 Å². The van der Waals surface area contributed by atoms with Gasteiger partial charge in [0.1, 0.15) is 11.6 Å². The van der Waals surface area contributed by atoms with E-state index in [1.165, 1.54) is 12.1 Å². The molecular weight excluding hydrogens is 575 g/mol. The number of halogens is 3. The van der Waals surface area contributed by atoms with Crippen LogP contribution in [0.4, 0.5) is 4.39 Å². The monoisotopic (exact) mass is 591 g/mol. The molecule has 0 spiro atoms. The van der Waals surface area contributed by atoms with Crippen molar-refractivity contribution in [2.45, 2.75) is 19.8 Å². The summed E-state index contributed by atoms with van der Waals surface area (Å²) in [7, 11) is 0. The molecule has 1 heterocycles. The van der Waals surface area contributed by atoms with Crippen molar-refractivity contribution in [1.82, 2.24) is 0 Å². The first-order valence-electron chi connectivity index (χ1n) is 8.39. The normalized spacial score (nSPS) is 15.0. The van der Waals surface area contributed by atoms with Gasteiger partial charge in [-0.25, -0.2) is 14.2 Å². The van der Waals surface area contributed by atoms with Gasteiger partial charge in [0.25, 0.3) is 0 Å². The summed E-state index contributed by atoms with van der Waals surface area (Å²) in [5, 5.41) is 0. The van der Waals surface area contributed by atoms with E-state index < -0.39 is 11.8 Å². The predicted molar refractivity (Wildman–Crippen MR) is 119 cm³/mol. The van der Waals surface area contributed by atoms with Crippen molar-refractivity contribution in [3.8, 4) is 5.75 Å². The number of rotatable bonds is 6. The van der Waals surface area contributed by atoms with Gasteiger partial charge in [0.15, 0.2) is 5.70 Å². The van der Waals surface area contributed by atoms with Crippen LogP contribution < -0.4 is 4.74 Å². The fraction of sp³-hybridized carbons (Fsp3) is 0.200. The SMILES string of the molecule is CCCCOc1c(I)cc(/C=C2\N=C(c3ccccc3F)OC2=O)cc1I. The molecule has 1 aliphatic heterocycles. The van der Waals surface area contributed by atoms with Crippen molar-refractivity contribution in [2.75, 3.05) is 6.61 Å². The molecule has 0 amide bonds. The number of ether oxygens (including phenoxy) is 2. The standard InChI is InChI=1S/C20H16FI2NO3/c1-2-3-8-26-18-15(22)9-12(10-16(18)23)11-17-20(25)27-19(24-17)13-6-4-5-7-14(13)21/h4-7,9-11H,2-3,8H2,1H3/b17-11-. The number of benzene rings is 2. The zero-order chi connectivity index (χ0) is 19.4. The van der Waals surface area contributed by atoms with Gasteiger partial charge in [-0.1, -0.05) is 25.5 Å². The quantitative estimate of drug-likeness (QED) is 0.192. The number of hydrogen-bond donors (Lipinski definition) is 0. The summed E-state index contributed by atoms with van der Waals surface area (Å²) >= 11 is 4.42. The largest absolute Gasteiger partial charge is 0.491 e. The Balaban J connectivity index is 1.88. The van der Waals surface area contributed by atoms with Crippen LogP contribution in [-0.4, -0.2) is 18.5 Å². The van der Waals surface area contributed by atoms with Gasteiger partial charge >= 0.3 is 5.97 Å². The van der Waals surface area contributed by atoms with Crippen molar-refractivity contribution in [2.24, 2.45) is 4.99 Å². The van der Waals surface area contributed by atoms with Crippen LogP contribution in [0.2, 0.25) is 0 Å². The molecular formula is C20H16FI2NO3. The van der Waals surface area contributed by atoms with Crippen molar-refractivity contribution < 1.29 is 18.7 Å². The molecule has 0 saturated carbocycles. The summed E-state index contributed by atoms with van der Waals surface area (Å²) in [5.41, 5.74) is 1.11. The van der Waals surface area contributed by atoms with Crippen LogP contribution in [0, 0.1) is 13.0 Å². The highest BCUT2D eigenvalue weighted by atomic mass is 127. The average molecular weight is 591 g/mol. The third-order valence-corrected chi connectivity index (χ3v) is 5.40. The lowest BCUT2D eigenvalue weighted by Crippen LogP contribution is -2.07. The van der Waals surface area contributed by atoms with Crippen molar-refractivity contribution >= 4 is 63.1 Å². The van der Waals surface area contributed by atoms with Crippen LogP contribution in [0.1, 0.15) is 30.9 Å². The van der Waals surface area contributed by atoms with Crippen LogP contribution in [0.25, 0.3) is 6.08 Å². The number of aliphatic imine (C=N–C) groups is 1. The molecule has 0 atom stereocenters. The Hall–Kier alpha value is -1.49. The fourth-order valence-electron chi connectivity index (χ4n) is 2.44. The molecule has 2 aromatic carbocycles. The van der Waals surface area contributed by atoms with Gasteiger partial charge in [0.05, 0.1) is 19.3 Å². The summed E-state index contributed by atoms with van der Waals surface area (Å²) < 4.78 is 26.8. The second-order valence-corrected chi connectivity index (χ2v) is 8.16. The lowest BCUT2D eigenvalue weighted by atomic mass is 10.2. The molecule has 3 rings (SSSR count). The van der Waals surface area contributed by atoms with Crippen LogP contribution in [0.15, 0.2) is 47.1 Å². The van der Waals surface area contributed by atoms with Gasteiger partial charge in [-0.2, -0.15) is 0 Å². The van der Waals surface area contributed by atoms with Crippen LogP contribution in [0.5, 0.6) is 5.75 Å². The number of hydrogen-bond acceptors (Lipinski definition) is 4. The molecule has 140 valence electrons. The number of esters is 1. The zero-order valence-corrected chi connectivity index (χ0v) is 18.8. The summed E-state index contributed by atoms with van der Waals surface area (Å²) in [6.45, 7) is 2.79. The Morgan fingerprint density at radius 2 is 1.93 bits per heavy atom. The third kappa shape index (κ3) is 4.87. The molecule has 4 nitrogen and oxygen atoms in total. The predicted octanol–water partition coefficient (Wildman–Crippen LogP) is 5.56. The maximum Gasteiger partial charge on any atom is 0.363 e. The van der Waals surface area contributed by atoms with E-state index in [0.717, 1.165) is 31.3 Å². The van der Waals surface area contributed by atoms with E-state index in [9.17, 15) is 9.18 Å². The number of carbonyl (C=O) groups excluding carboxylic acids is 1. The number of unbranched alkanes of at least 4 members (excludes halogenated alkanes) is 1. The second-order valence-electron chi connectivity index (χ2n) is 5.83. The second kappa shape index (κ2) is 9.13. The Morgan fingerprint density at radius 1 is 1.22 bits per heavy atom. The molecule has 27 heavy (non-hydrogen) atoms. The number of cyclic esters (lactones) is 1. The van der Waals surface area contributed by atoms with Crippen LogP contribution in [-0.2, 0) is 9.53 Å². The van der Waals surface area contributed by atoms with E-state index in [1.54, 1.807) is 18.2 Å². The Labute approximate surface area is 184 Å². The fourth-order valence-corrected chi connectivity index (χ4v) is 4.56. The summed E-state index contributed by atoms with van der Waals surface area (Å²) in [6.07, 6.45) is 3.70. The van der Waals surface area contributed by atoms with Crippen molar-refractivity contribution in [3.63, 3.8) is 0 Å². The highest BCUT2D eigenvalue weighted by Crippen LogP contribution is 2.31. The molecule has 7 heteroatoms. The number of carbonyl (C=O) groups is 1. The Bertz CT molecular complexity index is 918. The van der Waals surface area contributed by atoms with Gasteiger partial charge in [-0.05, 0) is 87.5 Å². The first kappa shape index (κ1) is 20.2. The first-order chi connectivity index (χ1) is 13.0. The molecule has 0 aliphatic carbocycles. The van der Waals surface area contributed by atoms with E-state index in [0.29, 0.717) is 6.61 Å². The van der Waals surface area contributed by atoms with E-state index in [1.807, 2.05) is 12.1 Å². The summed E-state index contributed by atoms with van der Waals surface area (Å²) in [4.78, 5) is 16.3. The Morgan fingerprint density at radius 3 is 2.59 bits per heavy atom. The molecule has 0 saturated heterocycles. The van der Waals surface area contributed by atoms with Gasteiger partial charge in [-0.3, -0.25) is 0 Å². The molecule has 0 aromatic heterocycles. The van der Waals surface area contributed by atoms with Gasteiger partial charge < -0.3 is 9.47 Å². The highest BCUT2D eigenvalue weighted by molar-refractivity contribution is 14.1. The van der Waals surface area contributed by atoms with E-state index in [-0.39, 0.29) is 17.2 Å². The summed E-state index contributed by atoms with van der Waals surface area (Å²) in [6, 6.07) is 9.90. The molecule has 0 unspecified atom stereocenters. The van der Waals surface area contributed by atoms with E-state index in [2.05, 4.69) is 57.1 Å². The maximum absolute atomic E-state index is 13.9. The number of nitrogens with zero attached hydrogens (tertiary/aromatic N) is 1. The van der Waals surface area contributed by atoms with E-state index >= 15 is 0 Å². The van der Waals surface area contributed by atoms with Crippen LogP contribution >= 0.6 is 45.2 Å². The van der Waals surface area contributed by atoms with Crippen molar-refractivity contribution in [3.05, 3.63) is 66.2 Å². The minimum Gasteiger partial charge on any atom is -0.491 e. The molecule has 0 radical (unpaired) electrons. The topological polar surface area (TPSA) is 47.9 Å². The molecule has 0 bridgehead atoms. The van der Waals surface area contributed by atoms with Crippen molar-refractivity contribution in [1.29, 1.82) is 0 Å². The third-order valence-electron chi connectivity index (χ3n) is 3.79. The maximum atomic E-state index is 13.9. The minimum atomic E-state index is -0.596. The first-order valence-corrected chi connectivity index (χ1v) is 10.5. The smallest absolute Gasteiger partial charge is 0.363 e. The molecule has 2 aromatic rings. The van der Waals surface area contributed by atoms with Gasteiger partial charge in [-0.15, -0.1) is 0 Å². The molecule has 0 fully saturated rings. The van der Waals surface area contributed by atoms with Gasteiger partial charge in [0.2, 0.25) is 5.90 Å². The zero-order valence-electron chi connectivity index (χ0n) is 14.5. The molecule has 0 N–H and O–H groups in total. The minimum absolute atomic E-state index is 0.0201. The van der Waals surface area contributed by atoms with Crippen LogP contribution in [0.3, 0.4) is 0 Å².